The van der Waals surface area contributed by atoms with Crippen LogP contribution < -0.4 is 4.72 Å². The number of aliphatic hydroxyl groups is 2. The first-order chi connectivity index (χ1) is 7.36. The van der Waals surface area contributed by atoms with Gasteiger partial charge in [-0.05, 0) is 6.92 Å². The molecular weight excluding hydrogens is 240 g/mol. The van der Waals surface area contributed by atoms with Crippen LogP contribution in [0.15, 0.2) is 0 Å². The van der Waals surface area contributed by atoms with E-state index in [2.05, 4.69) is 4.74 Å². The van der Waals surface area contributed by atoms with Crippen molar-refractivity contribution in [1.29, 1.82) is 0 Å². The van der Waals surface area contributed by atoms with Gasteiger partial charge in [-0.2, -0.15) is 12.7 Å². The van der Waals surface area contributed by atoms with Crippen LogP contribution in [0.4, 0.5) is 4.79 Å². The molecule has 0 aromatic carbocycles. The number of nitrogens with one attached hydrogen (secondary N) is 1. The fraction of sp³-hybridized carbons (Fsp3) is 0.857. The number of ether oxygens (including phenoxy) is 1. The summed E-state index contributed by atoms with van der Waals surface area (Å²) in [6.07, 6.45) is -3.36. The molecule has 9 heteroatoms. The number of carbonyl (C=O) groups is 1. The van der Waals surface area contributed by atoms with Gasteiger partial charge in [0.25, 0.3) is 0 Å². The zero-order valence-electron chi connectivity index (χ0n) is 8.66. The van der Waals surface area contributed by atoms with Crippen molar-refractivity contribution in [3.63, 3.8) is 0 Å². The van der Waals surface area contributed by atoms with Crippen molar-refractivity contribution in [2.45, 2.75) is 19.1 Å². The van der Waals surface area contributed by atoms with Crippen molar-refractivity contribution >= 4 is 16.3 Å². The molecule has 1 aliphatic rings. The van der Waals surface area contributed by atoms with Gasteiger partial charge in [0.1, 0.15) is 0 Å². The van der Waals surface area contributed by atoms with E-state index in [-0.39, 0.29) is 19.7 Å². The van der Waals surface area contributed by atoms with Crippen LogP contribution in [-0.4, -0.2) is 60.9 Å². The lowest BCUT2D eigenvalue weighted by molar-refractivity contribution is 0.0572. The predicted octanol–water partition coefficient (Wildman–Crippen LogP) is -1.99. The van der Waals surface area contributed by atoms with Crippen molar-refractivity contribution in [3.05, 3.63) is 0 Å². The summed E-state index contributed by atoms with van der Waals surface area (Å²) >= 11 is 0. The lowest BCUT2D eigenvalue weighted by atomic mass is 10.3. The number of amides is 1. The molecule has 1 saturated heterocycles. The van der Waals surface area contributed by atoms with E-state index in [0.717, 1.165) is 4.31 Å². The molecule has 2 atom stereocenters. The average Bonchev–Trinajstić information content (AvgIpc) is 2.47. The molecule has 0 aliphatic carbocycles. The van der Waals surface area contributed by atoms with Gasteiger partial charge < -0.3 is 14.9 Å². The van der Waals surface area contributed by atoms with Crippen molar-refractivity contribution in [1.82, 2.24) is 9.03 Å². The SMILES string of the molecule is CCOC(=O)NS(=O)(=O)N1CC(O)C(O)C1. The molecule has 0 bridgehead atoms. The first-order valence-corrected chi connectivity index (χ1v) is 6.11. The summed E-state index contributed by atoms with van der Waals surface area (Å²) in [5.41, 5.74) is 0. The standard InChI is InChI=1S/C7H14N2O6S/c1-2-15-7(12)8-16(13,14)9-3-5(10)6(11)4-9/h5-6,10-11H,2-4H2,1H3,(H,8,12). The first kappa shape index (κ1) is 13.2. The van der Waals surface area contributed by atoms with Crippen LogP contribution in [0.3, 0.4) is 0 Å². The minimum Gasteiger partial charge on any atom is -0.449 e. The molecule has 0 radical (unpaired) electrons. The molecule has 1 heterocycles. The molecule has 1 fully saturated rings. The van der Waals surface area contributed by atoms with Gasteiger partial charge in [-0.25, -0.2) is 9.52 Å². The summed E-state index contributed by atoms with van der Waals surface area (Å²) in [5, 5.41) is 18.3. The smallest absolute Gasteiger partial charge is 0.421 e. The Hall–Kier alpha value is -0.900. The maximum Gasteiger partial charge on any atom is 0.421 e. The lowest BCUT2D eigenvalue weighted by Gasteiger charge is -2.15. The fourth-order valence-electron chi connectivity index (χ4n) is 1.26. The molecule has 0 spiro atoms. The number of rotatable bonds is 3. The van der Waals surface area contributed by atoms with Gasteiger partial charge in [-0.1, -0.05) is 0 Å². The second-order valence-electron chi connectivity index (χ2n) is 3.28. The third-order valence-electron chi connectivity index (χ3n) is 2.05. The molecule has 3 N–H and O–H groups in total. The van der Waals surface area contributed by atoms with Crippen LogP contribution in [0, 0.1) is 0 Å². The molecule has 1 amide bonds. The highest BCUT2D eigenvalue weighted by atomic mass is 32.2. The van der Waals surface area contributed by atoms with Crippen molar-refractivity contribution in [2.75, 3.05) is 19.7 Å². The maximum absolute atomic E-state index is 11.5. The van der Waals surface area contributed by atoms with Crippen LogP contribution in [-0.2, 0) is 14.9 Å². The summed E-state index contributed by atoms with van der Waals surface area (Å²) in [7, 11) is -4.06. The fourth-order valence-corrected chi connectivity index (χ4v) is 2.36. The molecule has 0 saturated carbocycles. The Morgan fingerprint density at radius 1 is 1.44 bits per heavy atom. The number of carbonyl (C=O) groups excluding carboxylic acids is 1. The first-order valence-electron chi connectivity index (χ1n) is 4.67. The van der Waals surface area contributed by atoms with Gasteiger partial charge in [0.05, 0.1) is 18.8 Å². The van der Waals surface area contributed by atoms with E-state index in [1.807, 2.05) is 0 Å². The third kappa shape index (κ3) is 3.04. The van der Waals surface area contributed by atoms with Crippen molar-refractivity contribution < 1.29 is 28.2 Å². The topological polar surface area (TPSA) is 116 Å². The van der Waals surface area contributed by atoms with Gasteiger partial charge in [-0.15, -0.1) is 0 Å². The summed E-state index contributed by atoms with van der Waals surface area (Å²) < 4.78 is 29.8. The average molecular weight is 254 g/mol. The Morgan fingerprint density at radius 3 is 2.38 bits per heavy atom. The molecular formula is C7H14N2O6S. The Balaban J connectivity index is 2.62. The van der Waals surface area contributed by atoms with E-state index < -0.39 is 28.5 Å². The van der Waals surface area contributed by atoms with Crippen molar-refractivity contribution in [3.8, 4) is 0 Å². The Kier molecular flexibility index (Phi) is 4.08. The molecule has 2 unspecified atom stereocenters. The van der Waals surface area contributed by atoms with E-state index >= 15 is 0 Å². The van der Waals surface area contributed by atoms with Gasteiger partial charge in [0, 0.05) is 13.1 Å². The van der Waals surface area contributed by atoms with Crippen LogP contribution >= 0.6 is 0 Å². The zero-order valence-corrected chi connectivity index (χ0v) is 9.48. The van der Waals surface area contributed by atoms with E-state index in [9.17, 15) is 13.2 Å². The van der Waals surface area contributed by atoms with Gasteiger partial charge in [-0.3, -0.25) is 0 Å². The van der Waals surface area contributed by atoms with Crippen LogP contribution in [0.2, 0.25) is 0 Å². The van der Waals surface area contributed by atoms with E-state index in [4.69, 9.17) is 10.2 Å². The number of nitrogens with zero attached hydrogens (tertiary/aromatic N) is 1. The zero-order chi connectivity index (χ0) is 12.3. The van der Waals surface area contributed by atoms with E-state index in [0.29, 0.717) is 0 Å². The quantitative estimate of drug-likeness (QED) is 0.537. The van der Waals surface area contributed by atoms with Crippen molar-refractivity contribution in [2.24, 2.45) is 0 Å². The number of hydrogen-bond acceptors (Lipinski definition) is 6. The van der Waals surface area contributed by atoms with E-state index in [1.165, 1.54) is 6.92 Å². The Labute approximate surface area is 93.0 Å². The number of hydrogen-bond donors (Lipinski definition) is 3. The summed E-state index contributed by atoms with van der Waals surface area (Å²) in [5.74, 6) is 0. The van der Waals surface area contributed by atoms with E-state index in [1.54, 1.807) is 4.72 Å². The minimum atomic E-state index is -4.06. The predicted molar refractivity (Wildman–Crippen MR) is 52.7 cm³/mol. The second kappa shape index (κ2) is 4.95. The third-order valence-corrected chi connectivity index (χ3v) is 3.46. The van der Waals surface area contributed by atoms with Gasteiger partial charge in [0.2, 0.25) is 0 Å². The molecule has 1 aliphatic heterocycles. The summed E-state index contributed by atoms with van der Waals surface area (Å²) in [6, 6.07) is 0. The highest BCUT2D eigenvalue weighted by Crippen LogP contribution is 2.13. The lowest BCUT2D eigenvalue weighted by Crippen LogP contribution is -2.43. The maximum atomic E-state index is 11.5. The highest BCUT2D eigenvalue weighted by molar-refractivity contribution is 7.87. The van der Waals surface area contributed by atoms with Crippen LogP contribution in [0.1, 0.15) is 6.92 Å². The highest BCUT2D eigenvalue weighted by Gasteiger charge is 2.37. The van der Waals surface area contributed by atoms with Crippen LogP contribution in [0.5, 0.6) is 0 Å². The molecule has 16 heavy (non-hydrogen) atoms. The Morgan fingerprint density at radius 2 is 1.94 bits per heavy atom. The monoisotopic (exact) mass is 254 g/mol. The molecule has 8 nitrogen and oxygen atoms in total. The van der Waals surface area contributed by atoms with Gasteiger partial charge in [0.15, 0.2) is 0 Å². The summed E-state index contributed by atoms with van der Waals surface area (Å²) in [6.45, 7) is 1.08. The molecule has 0 aromatic heterocycles. The van der Waals surface area contributed by atoms with Crippen LogP contribution in [0.25, 0.3) is 0 Å². The minimum absolute atomic E-state index is 0.0482. The number of aliphatic hydroxyl groups excluding tert-OH is 2. The Bertz CT molecular complexity index is 346. The summed E-state index contributed by atoms with van der Waals surface area (Å²) in [4.78, 5) is 10.9. The molecule has 1 rings (SSSR count). The van der Waals surface area contributed by atoms with Gasteiger partial charge >= 0.3 is 16.3 Å². The second-order valence-corrected chi connectivity index (χ2v) is 4.95. The molecule has 94 valence electrons. The largest absolute Gasteiger partial charge is 0.449 e. The normalized spacial score (nSPS) is 26.7. The molecule has 0 aromatic rings. The number of β-amino-alcohol motifs (C(OH)–C–C–N with tert-alkyl or cyclic N) is 2.